The second-order valence-electron chi connectivity index (χ2n) is 4.04. The first-order valence-corrected chi connectivity index (χ1v) is 4.77. The first kappa shape index (κ1) is 9.19. The SMILES string of the molecule is Cc1cnccc1C1(CC(=O)O)CC1. The van der Waals surface area contributed by atoms with Gasteiger partial charge in [-0.15, -0.1) is 0 Å². The molecule has 1 heterocycles. The highest BCUT2D eigenvalue weighted by Crippen LogP contribution is 2.51. The molecule has 1 aliphatic carbocycles. The topological polar surface area (TPSA) is 50.2 Å². The largest absolute Gasteiger partial charge is 0.481 e. The minimum atomic E-state index is -0.710. The zero-order chi connectivity index (χ0) is 10.2. The Hall–Kier alpha value is -1.38. The Kier molecular flexibility index (Phi) is 2.02. The summed E-state index contributed by atoms with van der Waals surface area (Å²) in [5.74, 6) is -0.710. The second kappa shape index (κ2) is 3.08. The van der Waals surface area contributed by atoms with E-state index in [0.29, 0.717) is 0 Å². The molecule has 0 spiro atoms. The zero-order valence-electron chi connectivity index (χ0n) is 8.16. The van der Waals surface area contributed by atoms with E-state index in [1.54, 1.807) is 12.4 Å². The van der Waals surface area contributed by atoms with Gasteiger partial charge < -0.3 is 5.11 Å². The van der Waals surface area contributed by atoms with Crippen molar-refractivity contribution in [2.75, 3.05) is 0 Å². The molecule has 1 N–H and O–H groups in total. The maximum absolute atomic E-state index is 10.7. The Morgan fingerprint density at radius 1 is 1.64 bits per heavy atom. The number of rotatable bonds is 3. The number of carboxylic acid groups (broad SMARTS) is 1. The summed E-state index contributed by atoms with van der Waals surface area (Å²) in [6, 6.07) is 1.95. The van der Waals surface area contributed by atoms with Crippen molar-refractivity contribution in [3.8, 4) is 0 Å². The summed E-state index contributed by atoms with van der Waals surface area (Å²) >= 11 is 0. The molecule has 74 valence electrons. The molecule has 2 rings (SSSR count). The number of aryl methyl sites for hydroxylation is 1. The van der Waals surface area contributed by atoms with E-state index in [-0.39, 0.29) is 11.8 Å². The minimum absolute atomic E-state index is 0.0845. The summed E-state index contributed by atoms with van der Waals surface area (Å²) in [4.78, 5) is 14.7. The molecular formula is C11H13NO2. The average molecular weight is 191 g/mol. The van der Waals surface area contributed by atoms with Gasteiger partial charge in [-0.1, -0.05) is 0 Å². The van der Waals surface area contributed by atoms with Gasteiger partial charge in [-0.2, -0.15) is 0 Å². The molecule has 0 aliphatic heterocycles. The quantitative estimate of drug-likeness (QED) is 0.793. The average Bonchev–Trinajstić information content (AvgIpc) is 2.85. The van der Waals surface area contributed by atoms with Crippen molar-refractivity contribution in [1.29, 1.82) is 0 Å². The Balaban J connectivity index is 2.31. The van der Waals surface area contributed by atoms with Crippen LogP contribution in [0.3, 0.4) is 0 Å². The summed E-state index contributed by atoms with van der Waals surface area (Å²) in [6.07, 6.45) is 5.77. The van der Waals surface area contributed by atoms with Crippen molar-refractivity contribution in [1.82, 2.24) is 4.98 Å². The van der Waals surface area contributed by atoms with E-state index in [1.807, 2.05) is 13.0 Å². The molecule has 0 radical (unpaired) electrons. The molecule has 0 atom stereocenters. The molecule has 3 heteroatoms. The molecule has 0 unspecified atom stereocenters. The van der Waals surface area contributed by atoms with Crippen LogP contribution < -0.4 is 0 Å². The third-order valence-corrected chi connectivity index (χ3v) is 2.93. The van der Waals surface area contributed by atoms with Crippen molar-refractivity contribution >= 4 is 5.97 Å². The number of pyridine rings is 1. The Morgan fingerprint density at radius 3 is 2.86 bits per heavy atom. The van der Waals surface area contributed by atoms with Crippen LogP contribution in [0.2, 0.25) is 0 Å². The Morgan fingerprint density at radius 2 is 2.36 bits per heavy atom. The number of hydrogen-bond acceptors (Lipinski definition) is 2. The lowest BCUT2D eigenvalue weighted by molar-refractivity contribution is -0.137. The van der Waals surface area contributed by atoms with Gasteiger partial charge in [0.1, 0.15) is 0 Å². The molecule has 0 bridgehead atoms. The molecule has 0 saturated heterocycles. The highest BCUT2D eigenvalue weighted by molar-refractivity contribution is 5.70. The van der Waals surface area contributed by atoms with Crippen molar-refractivity contribution in [3.05, 3.63) is 29.6 Å². The summed E-state index contributed by atoms with van der Waals surface area (Å²) in [7, 11) is 0. The summed E-state index contributed by atoms with van der Waals surface area (Å²) in [6.45, 7) is 1.99. The van der Waals surface area contributed by atoms with Crippen LogP contribution in [0.15, 0.2) is 18.5 Å². The minimum Gasteiger partial charge on any atom is -0.481 e. The Bertz CT molecular complexity index is 369. The van der Waals surface area contributed by atoms with Gasteiger partial charge in [0.25, 0.3) is 0 Å². The lowest BCUT2D eigenvalue weighted by atomic mass is 9.90. The fraction of sp³-hybridized carbons (Fsp3) is 0.455. The van der Waals surface area contributed by atoms with Gasteiger partial charge in [0, 0.05) is 17.8 Å². The molecule has 1 fully saturated rings. The van der Waals surface area contributed by atoms with E-state index in [9.17, 15) is 4.79 Å². The number of aromatic nitrogens is 1. The van der Waals surface area contributed by atoms with Gasteiger partial charge in [0.15, 0.2) is 0 Å². The van der Waals surface area contributed by atoms with E-state index < -0.39 is 5.97 Å². The fourth-order valence-electron chi connectivity index (χ4n) is 2.05. The zero-order valence-corrected chi connectivity index (χ0v) is 8.16. The van der Waals surface area contributed by atoms with Crippen LogP contribution in [0.5, 0.6) is 0 Å². The summed E-state index contributed by atoms with van der Waals surface area (Å²) in [5.41, 5.74) is 2.18. The molecule has 1 aromatic rings. The van der Waals surface area contributed by atoms with Gasteiger partial charge in [0.2, 0.25) is 0 Å². The van der Waals surface area contributed by atoms with Crippen molar-refractivity contribution < 1.29 is 9.90 Å². The third-order valence-electron chi connectivity index (χ3n) is 2.93. The van der Waals surface area contributed by atoms with Crippen molar-refractivity contribution in [2.24, 2.45) is 0 Å². The van der Waals surface area contributed by atoms with Crippen molar-refractivity contribution in [3.63, 3.8) is 0 Å². The summed E-state index contributed by atoms with van der Waals surface area (Å²) < 4.78 is 0. The third kappa shape index (κ3) is 1.50. The predicted octanol–water partition coefficient (Wildman–Crippen LogP) is 1.90. The van der Waals surface area contributed by atoms with Gasteiger partial charge in [0.05, 0.1) is 6.42 Å². The van der Waals surface area contributed by atoms with Gasteiger partial charge in [-0.25, -0.2) is 0 Å². The molecule has 0 amide bonds. The monoisotopic (exact) mass is 191 g/mol. The number of nitrogens with zero attached hydrogens (tertiary/aromatic N) is 1. The molecule has 1 saturated carbocycles. The summed E-state index contributed by atoms with van der Waals surface area (Å²) in [5, 5.41) is 8.83. The van der Waals surface area contributed by atoms with E-state index in [4.69, 9.17) is 5.11 Å². The highest BCUT2D eigenvalue weighted by atomic mass is 16.4. The fourth-order valence-corrected chi connectivity index (χ4v) is 2.05. The number of carbonyl (C=O) groups is 1. The van der Waals surface area contributed by atoms with E-state index in [2.05, 4.69) is 4.98 Å². The molecule has 1 aliphatic rings. The number of aliphatic carboxylic acids is 1. The van der Waals surface area contributed by atoms with E-state index in [1.165, 1.54) is 0 Å². The molecule has 1 aromatic heterocycles. The standard InChI is InChI=1S/C11H13NO2/c1-8-7-12-5-2-9(8)11(3-4-11)6-10(13)14/h2,5,7H,3-4,6H2,1H3,(H,13,14). The van der Waals surface area contributed by atoms with Crippen LogP contribution in [-0.4, -0.2) is 16.1 Å². The van der Waals surface area contributed by atoms with Crippen LogP contribution in [0.25, 0.3) is 0 Å². The molecule has 14 heavy (non-hydrogen) atoms. The molecule has 0 aromatic carbocycles. The highest BCUT2D eigenvalue weighted by Gasteiger charge is 2.46. The first-order valence-electron chi connectivity index (χ1n) is 4.77. The van der Waals surface area contributed by atoms with E-state index in [0.717, 1.165) is 24.0 Å². The van der Waals surface area contributed by atoms with Crippen LogP contribution in [0.1, 0.15) is 30.4 Å². The maximum atomic E-state index is 10.7. The lowest BCUT2D eigenvalue weighted by Crippen LogP contribution is -2.14. The predicted molar refractivity (Wildman–Crippen MR) is 52.1 cm³/mol. The molecular weight excluding hydrogens is 178 g/mol. The van der Waals surface area contributed by atoms with Crippen LogP contribution >= 0.6 is 0 Å². The normalized spacial score (nSPS) is 17.8. The Labute approximate surface area is 82.8 Å². The number of hydrogen-bond donors (Lipinski definition) is 1. The van der Waals surface area contributed by atoms with Gasteiger partial charge >= 0.3 is 5.97 Å². The van der Waals surface area contributed by atoms with Crippen LogP contribution in [0.4, 0.5) is 0 Å². The molecule has 3 nitrogen and oxygen atoms in total. The second-order valence-corrected chi connectivity index (χ2v) is 4.04. The van der Waals surface area contributed by atoms with E-state index >= 15 is 0 Å². The van der Waals surface area contributed by atoms with Gasteiger partial charge in [-0.05, 0) is 37.0 Å². The van der Waals surface area contributed by atoms with Crippen molar-refractivity contribution in [2.45, 2.75) is 31.6 Å². The maximum Gasteiger partial charge on any atom is 0.304 e. The van der Waals surface area contributed by atoms with Crippen LogP contribution in [-0.2, 0) is 10.2 Å². The number of carboxylic acids is 1. The lowest BCUT2D eigenvalue weighted by Gasteiger charge is -2.14. The van der Waals surface area contributed by atoms with Crippen LogP contribution in [0, 0.1) is 6.92 Å². The first-order chi connectivity index (χ1) is 6.64. The smallest absolute Gasteiger partial charge is 0.304 e. The van der Waals surface area contributed by atoms with Gasteiger partial charge in [-0.3, -0.25) is 9.78 Å².